The lowest BCUT2D eigenvalue weighted by Gasteiger charge is -2.23. The number of carbonyl (C=O) groups excluding carboxylic acids is 2. The van der Waals surface area contributed by atoms with Crippen LogP contribution in [0.1, 0.15) is 39.5 Å². The van der Waals surface area contributed by atoms with E-state index in [9.17, 15) is 9.59 Å². The number of hydrogen-bond donors (Lipinski definition) is 1. The molecule has 3 heterocycles. The van der Waals surface area contributed by atoms with E-state index < -0.39 is 0 Å². The summed E-state index contributed by atoms with van der Waals surface area (Å²) in [5.74, 6) is 0.969. The number of rotatable bonds is 9. The molecule has 6 rings (SSSR count). The van der Waals surface area contributed by atoms with E-state index in [2.05, 4.69) is 42.2 Å². The largest absolute Gasteiger partial charge is 0.301 e. The summed E-state index contributed by atoms with van der Waals surface area (Å²) >= 11 is 2.94. The van der Waals surface area contributed by atoms with Crippen LogP contribution in [0.2, 0.25) is 0 Å². The Morgan fingerprint density at radius 2 is 1.80 bits per heavy atom. The van der Waals surface area contributed by atoms with Crippen molar-refractivity contribution in [1.82, 2.24) is 24.7 Å². The minimum Gasteiger partial charge on any atom is -0.301 e. The van der Waals surface area contributed by atoms with Gasteiger partial charge in [0.1, 0.15) is 0 Å². The van der Waals surface area contributed by atoms with Crippen LogP contribution in [0, 0.1) is 0 Å². The molecule has 5 aromatic rings. The number of ketones is 1. The number of anilines is 1. The first-order valence-corrected chi connectivity index (χ1v) is 14.9. The van der Waals surface area contributed by atoms with E-state index in [4.69, 9.17) is 0 Å². The van der Waals surface area contributed by atoms with E-state index in [0.717, 1.165) is 22.7 Å². The highest BCUT2D eigenvalue weighted by Crippen LogP contribution is 2.32. The number of benzene rings is 2. The van der Waals surface area contributed by atoms with Crippen LogP contribution in [-0.4, -0.2) is 42.2 Å². The van der Waals surface area contributed by atoms with Gasteiger partial charge in [0.25, 0.3) is 0 Å². The number of Topliss-reactive ketones (excluding diaryl/α,β-unsaturated/α-hetero) is 1. The average molecular weight is 567 g/mol. The van der Waals surface area contributed by atoms with Gasteiger partial charge < -0.3 is 4.57 Å². The zero-order valence-electron chi connectivity index (χ0n) is 21.6. The van der Waals surface area contributed by atoms with Gasteiger partial charge in [0, 0.05) is 19.2 Å². The number of fused-ring (bicyclic) bond motifs is 1. The second-order valence-corrected chi connectivity index (χ2v) is 11.4. The van der Waals surface area contributed by atoms with Crippen LogP contribution in [0.4, 0.5) is 5.95 Å². The molecule has 0 saturated heterocycles. The minimum atomic E-state index is -0.248. The Morgan fingerprint density at radius 1 is 1.00 bits per heavy atom. The van der Waals surface area contributed by atoms with Gasteiger partial charge in [-0.05, 0) is 41.3 Å². The maximum atomic E-state index is 12.9. The number of nitrogens with one attached hydrogen (secondary N) is 1. The maximum absolute atomic E-state index is 12.9. The van der Waals surface area contributed by atoms with Crippen LogP contribution in [0.15, 0.2) is 89.5 Å². The van der Waals surface area contributed by atoms with Gasteiger partial charge in [-0.25, -0.2) is 9.97 Å². The fraction of sp³-hybridized carbons (Fsp3) is 0.200. The van der Waals surface area contributed by atoms with Gasteiger partial charge in [0.2, 0.25) is 11.9 Å². The molecule has 10 heteroatoms. The van der Waals surface area contributed by atoms with Crippen molar-refractivity contribution in [3.8, 4) is 10.7 Å². The number of hydrogen-bond acceptors (Lipinski definition) is 8. The van der Waals surface area contributed by atoms with Crippen molar-refractivity contribution < 1.29 is 9.59 Å². The molecule has 40 heavy (non-hydrogen) atoms. The summed E-state index contributed by atoms with van der Waals surface area (Å²) in [7, 11) is 0. The lowest BCUT2D eigenvalue weighted by atomic mass is 9.82. The van der Waals surface area contributed by atoms with Gasteiger partial charge in [-0.15, -0.1) is 21.5 Å². The second-order valence-electron chi connectivity index (χ2n) is 9.50. The first kappa shape index (κ1) is 26.1. The van der Waals surface area contributed by atoms with Gasteiger partial charge in [0.05, 0.1) is 21.9 Å². The number of nitrogens with zero attached hydrogens (tertiary/aromatic N) is 5. The summed E-state index contributed by atoms with van der Waals surface area (Å²) in [6.07, 6.45) is 3.41. The summed E-state index contributed by atoms with van der Waals surface area (Å²) in [5, 5.41) is 14.3. The van der Waals surface area contributed by atoms with Crippen LogP contribution in [0.25, 0.3) is 10.7 Å². The summed E-state index contributed by atoms with van der Waals surface area (Å²) in [6.45, 7) is 0.693. The monoisotopic (exact) mass is 566 g/mol. The summed E-state index contributed by atoms with van der Waals surface area (Å²) in [4.78, 5) is 35.5. The molecule has 0 fully saturated rings. The normalized spacial score (nSPS) is 14.6. The molecule has 1 amide bonds. The minimum absolute atomic E-state index is 0.0277. The van der Waals surface area contributed by atoms with Crippen molar-refractivity contribution in [3.63, 3.8) is 0 Å². The van der Waals surface area contributed by atoms with Crippen LogP contribution in [0.5, 0.6) is 0 Å². The third-order valence-corrected chi connectivity index (χ3v) is 8.65. The Kier molecular flexibility index (Phi) is 7.78. The molecule has 1 aliphatic rings. The SMILES string of the molecule is O=C(CSc1nnc(-c2cccs2)n1CCc1ccccc1)Nc1ncc2c(n1)C[C@@H](c1ccccc1)CC2=O. The molecule has 0 bridgehead atoms. The molecule has 200 valence electrons. The van der Waals surface area contributed by atoms with E-state index in [1.54, 1.807) is 11.3 Å². The van der Waals surface area contributed by atoms with Crippen molar-refractivity contribution in [2.24, 2.45) is 0 Å². The molecule has 0 radical (unpaired) electrons. The Labute approximate surface area is 239 Å². The number of carbonyl (C=O) groups is 2. The van der Waals surface area contributed by atoms with Gasteiger partial charge in [0.15, 0.2) is 16.8 Å². The van der Waals surface area contributed by atoms with Crippen molar-refractivity contribution in [3.05, 3.63) is 107 Å². The molecule has 0 saturated carbocycles. The van der Waals surface area contributed by atoms with E-state index in [1.165, 1.54) is 23.5 Å². The van der Waals surface area contributed by atoms with Crippen LogP contribution in [-0.2, 0) is 24.2 Å². The fourth-order valence-corrected chi connectivity index (χ4v) is 6.31. The Morgan fingerprint density at radius 3 is 2.58 bits per heavy atom. The van der Waals surface area contributed by atoms with E-state index in [0.29, 0.717) is 35.8 Å². The second kappa shape index (κ2) is 11.9. The first-order chi connectivity index (χ1) is 19.6. The third-order valence-electron chi connectivity index (χ3n) is 6.82. The topological polar surface area (TPSA) is 103 Å². The fourth-order valence-electron chi connectivity index (χ4n) is 4.83. The molecule has 3 aromatic heterocycles. The Bertz CT molecular complexity index is 1620. The van der Waals surface area contributed by atoms with E-state index in [-0.39, 0.29) is 29.3 Å². The lowest BCUT2D eigenvalue weighted by Crippen LogP contribution is -2.23. The maximum Gasteiger partial charge on any atom is 0.237 e. The van der Waals surface area contributed by atoms with Gasteiger partial charge in [-0.3, -0.25) is 14.9 Å². The number of thiophene rings is 1. The Balaban J connectivity index is 1.13. The van der Waals surface area contributed by atoms with Crippen molar-refractivity contribution in [1.29, 1.82) is 0 Å². The molecule has 0 aliphatic heterocycles. The number of aromatic nitrogens is 5. The standard InChI is InChI=1S/C30H26N6O2S2/c37-25-17-22(21-10-5-2-6-11-21)16-24-23(25)18-31-29(32-24)33-27(38)19-40-30-35-34-28(26-12-7-15-39-26)36(30)14-13-20-8-3-1-4-9-20/h1-12,15,18,22H,13-14,16-17,19H2,(H,31,32,33,38)/t22-/m1/s1. The van der Waals surface area contributed by atoms with Crippen molar-refractivity contribution in [2.75, 3.05) is 11.1 Å². The van der Waals surface area contributed by atoms with Crippen LogP contribution >= 0.6 is 23.1 Å². The van der Waals surface area contributed by atoms with E-state index in [1.807, 2.05) is 66.0 Å². The predicted octanol–water partition coefficient (Wildman–Crippen LogP) is 5.68. The molecule has 2 aromatic carbocycles. The molecule has 8 nitrogen and oxygen atoms in total. The quantitative estimate of drug-likeness (QED) is 0.229. The zero-order valence-corrected chi connectivity index (χ0v) is 23.2. The third kappa shape index (κ3) is 5.88. The highest BCUT2D eigenvalue weighted by Gasteiger charge is 2.28. The van der Waals surface area contributed by atoms with Gasteiger partial charge >= 0.3 is 0 Å². The van der Waals surface area contributed by atoms with Gasteiger partial charge in [-0.2, -0.15) is 0 Å². The molecule has 1 atom stereocenters. The number of thioether (sulfide) groups is 1. The summed E-state index contributed by atoms with van der Waals surface area (Å²) in [6, 6.07) is 24.3. The highest BCUT2D eigenvalue weighted by atomic mass is 32.2. The predicted molar refractivity (Wildman–Crippen MR) is 157 cm³/mol. The van der Waals surface area contributed by atoms with Crippen LogP contribution in [0.3, 0.4) is 0 Å². The average Bonchev–Trinajstić information content (AvgIpc) is 3.66. The molecular formula is C30H26N6O2S2. The van der Waals surface area contributed by atoms with Gasteiger partial charge in [-0.1, -0.05) is 78.5 Å². The molecule has 0 unspecified atom stereocenters. The summed E-state index contributed by atoms with van der Waals surface area (Å²) in [5.41, 5.74) is 3.54. The summed E-state index contributed by atoms with van der Waals surface area (Å²) < 4.78 is 2.07. The molecule has 1 aliphatic carbocycles. The highest BCUT2D eigenvalue weighted by molar-refractivity contribution is 7.99. The lowest BCUT2D eigenvalue weighted by molar-refractivity contribution is -0.113. The van der Waals surface area contributed by atoms with E-state index >= 15 is 0 Å². The van der Waals surface area contributed by atoms with Crippen molar-refractivity contribution in [2.45, 2.75) is 36.9 Å². The zero-order chi connectivity index (χ0) is 27.3. The Hall–Kier alpha value is -4.15. The molecular weight excluding hydrogens is 541 g/mol. The van der Waals surface area contributed by atoms with Crippen molar-refractivity contribution >= 4 is 40.7 Å². The smallest absolute Gasteiger partial charge is 0.237 e. The molecule has 0 spiro atoms. The number of amides is 1. The molecule has 1 N–H and O–H groups in total. The van der Waals surface area contributed by atoms with Crippen LogP contribution < -0.4 is 5.32 Å². The first-order valence-electron chi connectivity index (χ1n) is 13.0. The number of aryl methyl sites for hydroxylation is 1.